The second-order valence-electron chi connectivity index (χ2n) is 10.5. The van der Waals surface area contributed by atoms with E-state index in [0.717, 1.165) is 5.56 Å². The first-order valence-electron chi connectivity index (χ1n) is 12.9. The molecule has 5 aromatic carbocycles. The van der Waals surface area contributed by atoms with Gasteiger partial charge in [0.25, 0.3) is 0 Å². The van der Waals surface area contributed by atoms with E-state index in [-0.39, 0.29) is 5.41 Å². The molecule has 0 aliphatic heterocycles. The summed E-state index contributed by atoms with van der Waals surface area (Å²) >= 11 is 0. The lowest BCUT2D eigenvalue weighted by Crippen LogP contribution is -2.14. The molecule has 1 aliphatic rings. The summed E-state index contributed by atoms with van der Waals surface area (Å²) < 4.78 is 2.43. The van der Waals surface area contributed by atoms with Gasteiger partial charge >= 0.3 is 0 Å². The van der Waals surface area contributed by atoms with E-state index in [2.05, 4.69) is 115 Å². The highest BCUT2D eigenvalue weighted by Crippen LogP contribution is 2.50. The van der Waals surface area contributed by atoms with Crippen molar-refractivity contribution in [1.29, 1.82) is 0 Å². The first-order valence-corrected chi connectivity index (χ1v) is 12.9. The molecule has 1 aromatic heterocycles. The highest BCUT2D eigenvalue weighted by Gasteiger charge is 2.36. The minimum atomic E-state index is -0.0323. The molecule has 0 saturated heterocycles. The third-order valence-electron chi connectivity index (χ3n) is 7.86. The van der Waals surface area contributed by atoms with Crippen LogP contribution < -0.4 is 0 Å². The van der Waals surface area contributed by atoms with Crippen molar-refractivity contribution >= 4 is 28.0 Å². The molecule has 2 nitrogen and oxygen atoms in total. The van der Waals surface area contributed by atoms with Crippen molar-refractivity contribution in [2.24, 2.45) is 4.99 Å². The molecule has 0 spiro atoms. The van der Waals surface area contributed by atoms with Gasteiger partial charge in [-0.2, -0.15) is 0 Å². The highest BCUT2D eigenvalue weighted by molar-refractivity contribution is 6.11. The Morgan fingerprint density at radius 2 is 1.43 bits per heavy atom. The number of hydrogen-bond acceptors (Lipinski definition) is 1. The predicted octanol–water partition coefficient (Wildman–Crippen LogP) is 8.71. The average Bonchev–Trinajstić information content (AvgIpc) is 3.37. The van der Waals surface area contributed by atoms with Crippen LogP contribution in [0.4, 0.5) is 0 Å². The topological polar surface area (TPSA) is 17.3 Å². The lowest BCUT2D eigenvalue weighted by Gasteiger charge is -2.21. The molecule has 37 heavy (non-hydrogen) atoms. The van der Waals surface area contributed by atoms with Gasteiger partial charge in [0.1, 0.15) is 0 Å². The van der Waals surface area contributed by atoms with Crippen molar-refractivity contribution in [1.82, 2.24) is 4.57 Å². The van der Waals surface area contributed by atoms with E-state index < -0.39 is 0 Å². The van der Waals surface area contributed by atoms with Gasteiger partial charge < -0.3 is 4.57 Å². The molecule has 7 rings (SSSR count). The number of aliphatic imine (C=N–C) groups is 1. The van der Waals surface area contributed by atoms with Gasteiger partial charge in [-0.1, -0.05) is 98.8 Å². The van der Waals surface area contributed by atoms with Gasteiger partial charge in [-0.3, -0.25) is 4.99 Å². The minimum Gasteiger partial charge on any atom is -0.309 e. The van der Waals surface area contributed by atoms with Gasteiger partial charge in [-0.15, -0.1) is 0 Å². The summed E-state index contributed by atoms with van der Waals surface area (Å²) in [6.45, 7) is 5.35. The van der Waals surface area contributed by atoms with Crippen molar-refractivity contribution in [3.05, 3.63) is 138 Å². The molecule has 0 radical (unpaired) electrons. The maximum atomic E-state index is 4.71. The third-order valence-corrected chi connectivity index (χ3v) is 7.86. The van der Waals surface area contributed by atoms with Gasteiger partial charge in [0, 0.05) is 28.1 Å². The first kappa shape index (κ1) is 21.8. The third kappa shape index (κ3) is 3.44. The summed E-state index contributed by atoms with van der Waals surface area (Å²) in [5.41, 5.74) is 11.5. The molecule has 0 fully saturated rings. The molecule has 0 bridgehead atoms. The maximum absolute atomic E-state index is 4.71. The molecule has 2 heteroatoms. The Morgan fingerprint density at radius 1 is 0.649 bits per heavy atom. The van der Waals surface area contributed by atoms with E-state index in [9.17, 15) is 0 Å². The number of aromatic nitrogens is 1. The monoisotopic (exact) mass is 476 g/mol. The Hall–Kier alpha value is -4.43. The number of benzene rings is 5. The molecule has 0 unspecified atom stereocenters. The molecule has 1 aliphatic carbocycles. The summed E-state index contributed by atoms with van der Waals surface area (Å²) in [6, 6.07) is 41.6. The van der Waals surface area contributed by atoms with Crippen LogP contribution in [0.3, 0.4) is 0 Å². The highest BCUT2D eigenvalue weighted by atomic mass is 15.0. The maximum Gasteiger partial charge on any atom is 0.0640 e. The number of rotatable bonds is 4. The van der Waals surface area contributed by atoms with Crippen LogP contribution >= 0.6 is 0 Å². The SMILES string of the molecule is CC1(C)c2ccccc2-c2cc3c4ccccc4n(-c4cccc(C/N=C/c5ccccc5)c4)c3cc21. The van der Waals surface area contributed by atoms with Crippen LogP contribution in [-0.4, -0.2) is 10.8 Å². The Morgan fingerprint density at radius 3 is 2.32 bits per heavy atom. The van der Waals surface area contributed by atoms with Crippen molar-refractivity contribution in [3.63, 3.8) is 0 Å². The van der Waals surface area contributed by atoms with Gasteiger partial charge in [0.05, 0.1) is 17.6 Å². The lowest BCUT2D eigenvalue weighted by atomic mass is 9.82. The Balaban J connectivity index is 1.39. The van der Waals surface area contributed by atoms with Crippen molar-refractivity contribution in [2.45, 2.75) is 25.8 Å². The fraction of sp³-hybridized carbons (Fsp3) is 0.114. The Labute approximate surface area is 217 Å². The number of hydrogen-bond donors (Lipinski definition) is 0. The molecule has 6 aromatic rings. The molecule has 0 atom stereocenters. The molecule has 178 valence electrons. The lowest BCUT2D eigenvalue weighted by molar-refractivity contribution is 0.661. The molecular formula is C35H28N2. The molecule has 0 amide bonds. The number of para-hydroxylation sites is 1. The molecular weight excluding hydrogens is 448 g/mol. The predicted molar refractivity (Wildman–Crippen MR) is 156 cm³/mol. The van der Waals surface area contributed by atoms with Gasteiger partial charge in [0.2, 0.25) is 0 Å². The van der Waals surface area contributed by atoms with Gasteiger partial charge in [0.15, 0.2) is 0 Å². The zero-order chi connectivity index (χ0) is 25.0. The van der Waals surface area contributed by atoms with Crippen LogP contribution in [0.5, 0.6) is 0 Å². The van der Waals surface area contributed by atoms with Crippen LogP contribution in [0.1, 0.15) is 36.1 Å². The van der Waals surface area contributed by atoms with E-state index in [1.165, 1.54) is 55.3 Å². The van der Waals surface area contributed by atoms with E-state index >= 15 is 0 Å². The Bertz CT molecular complexity index is 1820. The first-order chi connectivity index (χ1) is 18.1. The van der Waals surface area contributed by atoms with Crippen molar-refractivity contribution < 1.29 is 0 Å². The standard InChI is InChI=1S/C35H28N2/c1-35(2)31-17-8-6-15-27(31)29-20-30-28-16-7-9-18-33(28)37(34(30)21-32(29)35)26-14-10-13-25(19-26)23-36-22-24-11-4-3-5-12-24/h3-22H,23H2,1-2H3/b36-22+. The molecule has 1 heterocycles. The second kappa shape index (κ2) is 8.31. The summed E-state index contributed by atoms with van der Waals surface area (Å²) in [7, 11) is 0. The van der Waals surface area contributed by atoms with Crippen LogP contribution in [0.15, 0.2) is 120 Å². The normalized spacial score (nSPS) is 13.9. The number of fused-ring (bicyclic) bond motifs is 6. The summed E-state index contributed by atoms with van der Waals surface area (Å²) in [6.07, 6.45) is 1.95. The van der Waals surface area contributed by atoms with E-state index in [1.807, 2.05) is 24.4 Å². The van der Waals surface area contributed by atoms with Crippen molar-refractivity contribution in [3.8, 4) is 16.8 Å². The van der Waals surface area contributed by atoms with Crippen LogP contribution in [0, 0.1) is 0 Å². The average molecular weight is 477 g/mol. The molecule has 0 saturated carbocycles. The van der Waals surface area contributed by atoms with Crippen LogP contribution in [0.25, 0.3) is 38.6 Å². The summed E-state index contributed by atoms with van der Waals surface area (Å²) in [4.78, 5) is 4.71. The fourth-order valence-electron chi connectivity index (χ4n) is 6.03. The smallest absolute Gasteiger partial charge is 0.0640 e. The summed E-state index contributed by atoms with van der Waals surface area (Å²) in [5, 5.41) is 2.59. The minimum absolute atomic E-state index is 0.0323. The Kier molecular flexibility index (Phi) is 4.90. The van der Waals surface area contributed by atoms with E-state index in [1.54, 1.807) is 0 Å². The quantitative estimate of drug-likeness (QED) is 0.226. The van der Waals surface area contributed by atoms with E-state index in [4.69, 9.17) is 4.99 Å². The van der Waals surface area contributed by atoms with Gasteiger partial charge in [-0.05, 0) is 63.7 Å². The summed E-state index contributed by atoms with van der Waals surface area (Å²) in [5.74, 6) is 0. The van der Waals surface area contributed by atoms with Gasteiger partial charge in [-0.25, -0.2) is 0 Å². The zero-order valence-electron chi connectivity index (χ0n) is 21.1. The fourth-order valence-corrected chi connectivity index (χ4v) is 6.03. The van der Waals surface area contributed by atoms with Crippen molar-refractivity contribution in [2.75, 3.05) is 0 Å². The van der Waals surface area contributed by atoms with Crippen LogP contribution in [0.2, 0.25) is 0 Å². The van der Waals surface area contributed by atoms with E-state index in [0.29, 0.717) is 6.54 Å². The largest absolute Gasteiger partial charge is 0.309 e. The number of nitrogens with zero attached hydrogens (tertiary/aromatic N) is 2. The molecule has 0 N–H and O–H groups in total. The zero-order valence-corrected chi connectivity index (χ0v) is 21.1. The second-order valence-corrected chi connectivity index (χ2v) is 10.5. The van der Waals surface area contributed by atoms with Crippen LogP contribution in [-0.2, 0) is 12.0 Å².